The Morgan fingerprint density at radius 3 is 2.57 bits per heavy atom. The second kappa shape index (κ2) is 4.76. The van der Waals surface area contributed by atoms with Crippen molar-refractivity contribution in [2.75, 3.05) is 25.1 Å². The summed E-state index contributed by atoms with van der Waals surface area (Å²) >= 11 is 11.8. The van der Waals surface area contributed by atoms with Crippen LogP contribution in [-0.4, -0.2) is 20.2 Å². The lowest BCUT2D eigenvalue weighted by Gasteiger charge is -2.19. The van der Waals surface area contributed by atoms with Gasteiger partial charge in [-0.1, -0.05) is 11.6 Å². The monoisotopic (exact) mass is 233 g/mol. The number of hydrogen-bond acceptors (Lipinski definition) is 2. The second-order valence-corrected chi connectivity index (χ2v) is 3.74. The third-order valence-electron chi connectivity index (χ3n) is 2.05. The number of anilines is 1. The molecule has 0 radical (unpaired) electrons. The van der Waals surface area contributed by atoms with Crippen LogP contribution in [0, 0.1) is 6.92 Å². The van der Waals surface area contributed by atoms with E-state index < -0.39 is 0 Å². The summed E-state index contributed by atoms with van der Waals surface area (Å²) in [6.45, 7) is 1.94. The molecule has 0 spiro atoms. The van der Waals surface area contributed by atoms with Gasteiger partial charge in [-0.15, -0.1) is 11.6 Å². The summed E-state index contributed by atoms with van der Waals surface area (Å²) in [7, 11) is 3.52. The molecular formula is C10H13Cl2NO. The molecular weight excluding hydrogens is 221 g/mol. The van der Waals surface area contributed by atoms with Gasteiger partial charge in [0.15, 0.2) is 0 Å². The average molecular weight is 234 g/mol. The van der Waals surface area contributed by atoms with Gasteiger partial charge in [-0.2, -0.15) is 0 Å². The van der Waals surface area contributed by atoms with Crippen molar-refractivity contribution in [3.63, 3.8) is 0 Å². The lowest BCUT2D eigenvalue weighted by molar-refractivity contribution is 0.415. The number of halogens is 2. The van der Waals surface area contributed by atoms with Gasteiger partial charge in [0.05, 0.1) is 18.8 Å². The van der Waals surface area contributed by atoms with E-state index >= 15 is 0 Å². The topological polar surface area (TPSA) is 12.5 Å². The van der Waals surface area contributed by atoms with E-state index in [1.165, 1.54) is 0 Å². The molecule has 1 rings (SSSR count). The molecule has 0 aliphatic heterocycles. The van der Waals surface area contributed by atoms with Gasteiger partial charge in [-0.3, -0.25) is 0 Å². The SMILES string of the molecule is COc1cc(C)c(Cl)cc1N(C)CCl. The lowest BCUT2D eigenvalue weighted by Crippen LogP contribution is -2.15. The maximum atomic E-state index is 6.02. The minimum Gasteiger partial charge on any atom is -0.495 e. The molecule has 0 bridgehead atoms. The van der Waals surface area contributed by atoms with E-state index in [-0.39, 0.29) is 0 Å². The molecule has 0 unspecified atom stereocenters. The summed E-state index contributed by atoms with van der Waals surface area (Å²) in [6.07, 6.45) is 0. The molecule has 0 N–H and O–H groups in total. The Morgan fingerprint density at radius 2 is 2.07 bits per heavy atom. The first-order valence-corrected chi connectivity index (χ1v) is 5.12. The van der Waals surface area contributed by atoms with Gasteiger partial charge in [0.1, 0.15) is 5.75 Å². The number of alkyl halides is 1. The van der Waals surface area contributed by atoms with E-state index in [4.69, 9.17) is 27.9 Å². The Morgan fingerprint density at radius 1 is 1.43 bits per heavy atom. The first kappa shape index (κ1) is 11.5. The average Bonchev–Trinajstić information content (AvgIpc) is 2.20. The van der Waals surface area contributed by atoms with Crippen molar-refractivity contribution < 1.29 is 4.74 Å². The van der Waals surface area contributed by atoms with Gasteiger partial charge in [-0.05, 0) is 24.6 Å². The summed E-state index contributed by atoms with van der Waals surface area (Å²) in [5.74, 6) is 0.787. The first-order valence-electron chi connectivity index (χ1n) is 4.21. The van der Waals surface area contributed by atoms with Crippen molar-refractivity contribution >= 4 is 28.9 Å². The molecule has 1 aromatic rings. The number of rotatable bonds is 3. The molecule has 4 heteroatoms. The van der Waals surface area contributed by atoms with E-state index in [9.17, 15) is 0 Å². The fourth-order valence-electron chi connectivity index (χ4n) is 1.17. The van der Waals surface area contributed by atoms with E-state index in [0.29, 0.717) is 6.00 Å². The van der Waals surface area contributed by atoms with Gasteiger partial charge >= 0.3 is 0 Å². The number of benzene rings is 1. The van der Waals surface area contributed by atoms with Crippen LogP contribution in [0.4, 0.5) is 5.69 Å². The van der Waals surface area contributed by atoms with Crippen molar-refractivity contribution in [3.05, 3.63) is 22.7 Å². The fourth-order valence-corrected chi connectivity index (χ4v) is 1.46. The molecule has 0 aliphatic carbocycles. The molecule has 0 aliphatic rings. The predicted octanol–water partition coefficient (Wildman–Crippen LogP) is 3.29. The van der Waals surface area contributed by atoms with E-state index in [2.05, 4.69) is 0 Å². The van der Waals surface area contributed by atoms with Gasteiger partial charge < -0.3 is 9.64 Å². The van der Waals surface area contributed by atoms with Gasteiger partial charge in [0.25, 0.3) is 0 Å². The third-order valence-corrected chi connectivity index (χ3v) is 2.82. The molecule has 0 amide bonds. The molecule has 78 valence electrons. The lowest BCUT2D eigenvalue weighted by atomic mass is 10.2. The highest BCUT2D eigenvalue weighted by Gasteiger charge is 2.09. The van der Waals surface area contributed by atoms with E-state index in [1.54, 1.807) is 7.11 Å². The molecule has 0 heterocycles. The zero-order valence-electron chi connectivity index (χ0n) is 8.47. The number of aryl methyl sites for hydroxylation is 1. The zero-order valence-corrected chi connectivity index (χ0v) is 9.99. The van der Waals surface area contributed by atoms with Crippen LogP contribution >= 0.6 is 23.2 Å². The predicted molar refractivity (Wildman–Crippen MR) is 61.9 cm³/mol. The molecule has 0 aromatic heterocycles. The Balaban J connectivity index is 3.19. The highest BCUT2D eigenvalue weighted by Crippen LogP contribution is 2.33. The van der Waals surface area contributed by atoms with Crippen LogP contribution in [0.2, 0.25) is 5.02 Å². The van der Waals surface area contributed by atoms with Crippen LogP contribution in [0.15, 0.2) is 12.1 Å². The summed E-state index contributed by atoms with van der Waals surface area (Å²) in [6, 6.07) is 4.16. The quantitative estimate of drug-likeness (QED) is 0.587. The fraction of sp³-hybridized carbons (Fsp3) is 0.400. The van der Waals surface area contributed by atoms with Crippen LogP contribution in [0.1, 0.15) is 5.56 Å². The maximum absolute atomic E-state index is 6.02. The zero-order chi connectivity index (χ0) is 10.7. The van der Waals surface area contributed by atoms with Crippen LogP contribution < -0.4 is 9.64 Å². The normalized spacial score (nSPS) is 10.1. The summed E-state index contributed by atoms with van der Waals surface area (Å²) < 4.78 is 5.25. The van der Waals surface area contributed by atoms with E-state index in [0.717, 1.165) is 22.0 Å². The van der Waals surface area contributed by atoms with Crippen LogP contribution in [0.3, 0.4) is 0 Å². The van der Waals surface area contributed by atoms with Crippen molar-refractivity contribution in [2.24, 2.45) is 0 Å². The van der Waals surface area contributed by atoms with Crippen molar-refractivity contribution in [1.82, 2.24) is 0 Å². The smallest absolute Gasteiger partial charge is 0.142 e. The van der Waals surface area contributed by atoms with E-state index in [1.807, 2.05) is 31.0 Å². The Kier molecular flexibility index (Phi) is 3.90. The third kappa shape index (κ3) is 2.25. The highest BCUT2D eigenvalue weighted by molar-refractivity contribution is 6.31. The largest absolute Gasteiger partial charge is 0.495 e. The van der Waals surface area contributed by atoms with Crippen molar-refractivity contribution in [3.8, 4) is 5.75 Å². The molecule has 14 heavy (non-hydrogen) atoms. The second-order valence-electron chi connectivity index (χ2n) is 3.09. The van der Waals surface area contributed by atoms with Crippen molar-refractivity contribution in [2.45, 2.75) is 6.92 Å². The number of methoxy groups -OCH3 is 1. The Labute approximate surface area is 94.4 Å². The summed E-state index contributed by atoms with van der Waals surface area (Å²) in [5, 5.41) is 0.720. The van der Waals surface area contributed by atoms with Crippen LogP contribution in [0.25, 0.3) is 0 Å². The number of nitrogens with zero attached hydrogens (tertiary/aromatic N) is 1. The number of hydrogen-bond donors (Lipinski definition) is 0. The molecule has 0 saturated heterocycles. The Bertz CT molecular complexity index is 328. The molecule has 0 saturated carbocycles. The van der Waals surface area contributed by atoms with Gasteiger partial charge in [0.2, 0.25) is 0 Å². The summed E-state index contributed by atoms with van der Waals surface area (Å²) in [4.78, 5) is 1.87. The molecule has 2 nitrogen and oxygen atoms in total. The molecule has 0 fully saturated rings. The van der Waals surface area contributed by atoms with Gasteiger partial charge in [-0.25, -0.2) is 0 Å². The van der Waals surface area contributed by atoms with Crippen molar-refractivity contribution in [1.29, 1.82) is 0 Å². The first-order chi connectivity index (χ1) is 6.60. The Hall–Kier alpha value is -0.600. The minimum atomic E-state index is 0.399. The van der Waals surface area contributed by atoms with Gasteiger partial charge in [0, 0.05) is 12.1 Å². The molecule has 0 atom stereocenters. The molecule has 1 aromatic carbocycles. The maximum Gasteiger partial charge on any atom is 0.142 e. The standard InChI is InChI=1S/C10H13Cl2NO/c1-7-4-10(14-3)9(5-8(7)12)13(2)6-11/h4-5H,6H2,1-3H3. The highest BCUT2D eigenvalue weighted by atomic mass is 35.5. The number of ether oxygens (including phenoxy) is 1. The van der Waals surface area contributed by atoms with Crippen LogP contribution in [-0.2, 0) is 0 Å². The summed E-state index contributed by atoms with van der Waals surface area (Å²) in [5.41, 5.74) is 1.90. The minimum absolute atomic E-state index is 0.399. The van der Waals surface area contributed by atoms with Crippen LogP contribution in [0.5, 0.6) is 5.75 Å².